The number of benzene rings is 2. The van der Waals surface area contributed by atoms with Gasteiger partial charge in [0.05, 0.1) is 11.0 Å². The summed E-state index contributed by atoms with van der Waals surface area (Å²) in [5.41, 5.74) is 1.19. The summed E-state index contributed by atoms with van der Waals surface area (Å²) in [6, 6.07) is 13.8. The summed E-state index contributed by atoms with van der Waals surface area (Å²) < 4.78 is 8.17. The van der Waals surface area contributed by atoms with Crippen LogP contribution in [0.5, 0.6) is 0 Å². The normalized spacial score (nSPS) is 12.0. The first-order valence-electron chi connectivity index (χ1n) is 6.79. The number of nitrogens with zero attached hydrogens (tertiary/aromatic N) is 1. The number of ether oxygens (including phenoxy) is 1. The van der Waals surface area contributed by atoms with Crippen molar-refractivity contribution in [2.75, 3.05) is 0 Å². The van der Waals surface area contributed by atoms with Crippen LogP contribution < -0.4 is 0 Å². The van der Waals surface area contributed by atoms with Gasteiger partial charge in [0.2, 0.25) is 0 Å². The van der Waals surface area contributed by atoms with E-state index in [1.165, 1.54) is 0 Å². The monoisotopic (exact) mass is 345 g/mol. The van der Waals surface area contributed by atoms with Crippen LogP contribution in [0.2, 0.25) is 0 Å². The highest BCUT2D eigenvalue weighted by molar-refractivity contribution is 9.10. The minimum absolute atomic E-state index is 0.351. The molecule has 0 aliphatic heterocycles. The van der Waals surface area contributed by atoms with Crippen molar-refractivity contribution < 1.29 is 9.53 Å². The van der Waals surface area contributed by atoms with Gasteiger partial charge in [-0.3, -0.25) is 0 Å². The van der Waals surface area contributed by atoms with Gasteiger partial charge in [0.25, 0.3) is 0 Å². The molecule has 108 valence electrons. The first-order chi connectivity index (χ1) is 9.87. The van der Waals surface area contributed by atoms with Crippen molar-refractivity contribution >= 4 is 43.8 Å². The standard InChI is InChI=1S/C17H16BrNO2/c1-17(2,3)21-16(20)19-14-7-5-4-6-12(14)13-10-11(18)8-9-15(13)19/h4-10H,1-3H3. The number of para-hydroxylation sites is 1. The maximum absolute atomic E-state index is 12.6. The molecule has 0 saturated heterocycles. The quantitative estimate of drug-likeness (QED) is 0.550. The number of hydrogen-bond donors (Lipinski definition) is 0. The average Bonchev–Trinajstić information content (AvgIpc) is 2.71. The molecule has 0 amide bonds. The molecule has 1 aromatic heterocycles. The maximum atomic E-state index is 12.6. The fraction of sp³-hybridized carbons (Fsp3) is 0.235. The van der Waals surface area contributed by atoms with Crippen molar-refractivity contribution in [3.8, 4) is 0 Å². The maximum Gasteiger partial charge on any atom is 0.419 e. The lowest BCUT2D eigenvalue weighted by Gasteiger charge is -2.20. The molecule has 0 aliphatic rings. The van der Waals surface area contributed by atoms with Gasteiger partial charge < -0.3 is 4.74 Å². The zero-order chi connectivity index (χ0) is 15.2. The van der Waals surface area contributed by atoms with Gasteiger partial charge in [-0.15, -0.1) is 0 Å². The Kier molecular flexibility index (Phi) is 3.29. The molecule has 0 spiro atoms. The summed E-state index contributed by atoms with van der Waals surface area (Å²) in [5, 5.41) is 2.07. The first kappa shape index (κ1) is 14.1. The van der Waals surface area contributed by atoms with E-state index in [1.54, 1.807) is 4.57 Å². The van der Waals surface area contributed by atoms with E-state index in [1.807, 2.05) is 63.2 Å². The zero-order valence-corrected chi connectivity index (χ0v) is 13.8. The predicted molar refractivity (Wildman–Crippen MR) is 88.8 cm³/mol. The number of aromatic nitrogens is 1. The lowest BCUT2D eigenvalue weighted by molar-refractivity contribution is 0.0551. The van der Waals surface area contributed by atoms with Crippen molar-refractivity contribution in [1.82, 2.24) is 4.57 Å². The Labute approximate surface area is 131 Å². The van der Waals surface area contributed by atoms with E-state index in [9.17, 15) is 4.79 Å². The first-order valence-corrected chi connectivity index (χ1v) is 7.58. The predicted octanol–water partition coefficient (Wildman–Crippen LogP) is 5.34. The fourth-order valence-corrected chi connectivity index (χ4v) is 2.81. The highest BCUT2D eigenvalue weighted by Crippen LogP contribution is 2.31. The fourth-order valence-electron chi connectivity index (χ4n) is 2.45. The Bertz CT molecular complexity index is 843. The minimum Gasteiger partial charge on any atom is -0.443 e. The Morgan fingerprint density at radius 2 is 1.71 bits per heavy atom. The van der Waals surface area contributed by atoms with E-state index in [0.29, 0.717) is 0 Å². The highest BCUT2D eigenvalue weighted by Gasteiger charge is 2.22. The van der Waals surface area contributed by atoms with Gasteiger partial charge in [0.15, 0.2) is 0 Å². The van der Waals surface area contributed by atoms with E-state index < -0.39 is 5.60 Å². The summed E-state index contributed by atoms with van der Waals surface area (Å²) in [5.74, 6) is 0. The molecule has 3 rings (SSSR count). The zero-order valence-electron chi connectivity index (χ0n) is 12.2. The van der Waals surface area contributed by atoms with E-state index >= 15 is 0 Å². The van der Waals surface area contributed by atoms with Crippen LogP contribution in [0.3, 0.4) is 0 Å². The third-order valence-corrected chi connectivity index (χ3v) is 3.70. The van der Waals surface area contributed by atoms with Crippen LogP contribution in [-0.4, -0.2) is 16.3 Å². The second-order valence-electron chi connectivity index (χ2n) is 5.99. The molecule has 3 nitrogen and oxygen atoms in total. The van der Waals surface area contributed by atoms with Crippen LogP contribution in [0, 0.1) is 0 Å². The summed E-state index contributed by atoms with van der Waals surface area (Å²) >= 11 is 3.49. The summed E-state index contributed by atoms with van der Waals surface area (Å²) in [6.07, 6.45) is -0.351. The molecule has 0 unspecified atom stereocenters. The van der Waals surface area contributed by atoms with Gasteiger partial charge in [-0.1, -0.05) is 34.1 Å². The topological polar surface area (TPSA) is 31.2 Å². The average molecular weight is 346 g/mol. The Morgan fingerprint density at radius 3 is 2.43 bits per heavy atom. The molecule has 0 bridgehead atoms. The van der Waals surface area contributed by atoms with Gasteiger partial charge in [-0.05, 0) is 45.0 Å². The molecule has 0 fully saturated rings. The molecule has 0 atom stereocenters. The summed E-state index contributed by atoms with van der Waals surface area (Å²) in [7, 11) is 0. The number of carbonyl (C=O) groups excluding carboxylic acids is 1. The molecule has 1 heterocycles. The molecular weight excluding hydrogens is 330 g/mol. The van der Waals surface area contributed by atoms with Gasteiger partial charge in [0.1, 0.15) is 5.60 Å². The Hall–Kier alpha value is -1.81. The third kappa shape index (κ3) is 2.56. The third-order valence-electron chi connectivity index (χ3n) is 3.21. The van der Waals surface area contributed by atoms with Crippen molar-refractivity contribution in [3.63, 3.8) is 0 Å². The van der Waals surface area contributed by atoms with Crippen molar-refractivity contribution in [2.24, 2.45) is 0 Å². The van der Waals surface area contributed by atoms with E-state index in [-0.39, 0.29) is 6.09 Å². The molecule has 0 saturated carbocycles. The molecule has 0 aliphatic carbocycles. The smallest absolute Gasteiger partial charge is 0.419 e. The second kappa shape index (κ2) is 4.88. The number of carbonyl (C=O) groups is 1. The minimum atomic E-state index is -0.524. The number of rotatable bonds is 0. The van der Waals surface area contributed by atoms with Crippen LogP contribution in [0.25, 0.3) is 21.8 Å². The lowest BCUT2D eigenvalue weighted by Crippen LogP contribution is -2.27. The highest BCUT2D eigenvalue weighted by atomic mass is 79.9. The van der Waals surface area contributed by atoms with Crippen LogP contribution in [-0.2, 0) is 4.74 Å². The molecule has 0 radical (unpaired) electrons. The number of halogens is 1. The number of fused-ring (bicyclic) bond motifs is 3. The molecule has 4 heteroatoms. The van der Waals surface area contributed by atoms with E-state index in [4.69, 9.17) is 4.74 Å². The molecule has 21 heavy (non-hydrogen) atoms. The van der Waals surface area contributed by atoms with Crippen LogP contribution in [0.15, 0.2) is 46.9 Å². The molecule has 2 aromatic carbocycles. The largest absolute Gasteiger partial charge is 0.443 e. The van der Waals surface area contributed by atoms with Gasteiger partial charge in [-0.2, -0.15) is 0 Å². The van der Waals surface area contributed by atoms with Crippen LogP contribution in [0.4, 0.5) is 4.79 Å². The molecule has 3 aromatic rings. The Morgan fingerprint density at radius 1 is 1.05 bits per heavy atom. The van der Waals surface area contributed by atoms with Gasteiger partial charge in [-0.25, -0.2) is 9.36 Å². The molecule has 0 N–H and O–H groups in total. The van der Waals surface area contributed by atoms with Gasteiger partial charge in [0, 0.05) is 15.2 Å². The van der Waals surface area contributed by atoms with Crippen molar-refractivity contribution in [2.45, 2.75) is 26.4 Å². The second-order valence-corrected chi connectivity index (χ2v) is 6.91. The summed E-state index contributed by atoms with van der Waals surface area (Å²) in [4.78, 5) is 12.6. The van der Waals surface area contributed by atoms with Gasteiger partial charge >= 0.3 is 6.09 Å². The van der Waals surface area contributed by atoms with Crippen LogP contribution in [0.1, 0.15) is 20.8 Å². The van der Waals surface area contributed by atoms with E-state index in [0.717, 1.165) is 26.3 Å². The summed E-state index contributed by atoms with van der Waals surface area (Å²) in [6.45, 7) is 5.61. The van der Waals surface area contributed by atoms with Crippen LogP contribution >= 0.6 is 15.9 Å². The lowest BCUT2D eigenvalue weighted by atomic mass is 10.2. The Balaban J connectivity index is 2.31. The van der Waals surface area contributed by atoms with E-state index in [2.05, 4.69) is 15.9 Å². The molecular formula is C17H16BrNO2. The number of hydrogen-bond acceptors (Lipinski definition) is 2. The SMILES string of the molecule is CC(C)(C)OC(=O)n1c2ccccc2c2cc(Br)ccc21. The van der Waals surface area contributed by atoms with Crippen molar-refractivity contribution in [1.29, 1.82) is 0 Å². The van der Waals surface area contributed by atoms with Crippen molar-refractivity contribution in [3.05, 3.63) is 46.9 Å².